The Morgan fingerprint density at radius 3 is 2.12 bits per heavy atom. The molecule has 0 bridgehead atoms. The lowest BCUT2D eigenvalue weighted by Crippen LogP contribution is -2.52. The van der Waals surface area contributed by atoms with Crippen LogP contribution < -0.4 is 10.7 Å². The molecule has 0 unspecified atom stereocenters. The molecule has 4 rings (SSSR count). The molecule has 1 saturated carbocycles. The molecule has 2 aromatic rings. The van der Waals surface area contributed by atoms with Crippen molar-refractivity contribution in [2.75, 3.05) is 6.61 Å². The number of nitrogens with one attached hydrogen (secondary N) is 2. The molecule has 1 saturated heterocycles. The van der Waals surface area contributed by atoms with Crippen LogP contribution >= 0.6 is 0 Å². The van der Waals surface area contributed by atoms with Gasteiger partial charge in [0, 0.05) is 0 Å². The molecule has 178 valence electrons. The summed E-state index contributed by atoms with van der Waals surface area (Å²) < 4.78 is 5.14. The predicted octanol–water partition coefficient (Wildman–Crippen LogP) is 2.00. The first-order valence-corrected chi connectivity index (χ1v) is 11.2. The molecule has 2 aliphatic rings. The van der Waals surface area contributed by atoms with Crippen molar-refractivity contribution in [2.24, 2.45) is 5.92 Å². The van der Waals surface area contributed by atoms with Gasteiger partial charge in [0.1, 0.15) is 5.54 Å². The van der Waals surface area contributed by atoms with Crippen LogP contribution in [0.3, 0.4) is 0 Å². The number of urea groups is 1. The molecular weight excluding hydrogens is 438 g/mol. The molecule has 1 aliphatic carbocycles. The van der Waals surface area contributed by atoms with Gasteiger partial charge in [-0.15, -0.1) is 0 Å². The monoisotopic (exact) mass is 465 g/mol. The SMILES string of the molecule is CC1CCC2(CC1)NC(=O)N(NC(=O)COC(=O)C(O)(c1ccccc1)c1ccccc1)C2=O. The first kappa shape index (κ1) is 23.4. The normalized spacial score (nSPS) is 22.4. The summed E-state index contributed by atoms with van der Waals surface area (Å²) in [6.45, 7) is 1.30. The molecule has 4 amide bonds. The quantitative estimate of drug-likeness (QED) is 0.443. The second-order valence-electron chi connectivity index (χ2n) is 8.89. The van der Waals surface area contributed by atoms with E-state index in [-0.39, 0.29) is 11.1 Å². The fourth-order valence-electron chi connectivity index (χ4n) is 4.47. The summed E-state index contributed by atoms with van der Waals surface area (Å²) in [5.74, 6) is -1.99. The standard InChI is InChI=1S/C25H27N3O6/c1-17-12-14-24(15-13-17)21(30)28(23(32)26-24)27-20(29)16-34-22(31)25(33,18-8-4-2-5-9-18)19-10-6-3-7-11-19/h2-11,17,33H,12-16H2,1H3,(H,26,32)(H,27,29). The highest BCUT2D eigenvalue weighted by molar-refractivity contribution is 6.08. The van der Waals surface area contributed by atoms with Crippen molar-refractivity contribution in [1.82, 2.24) is 15.8 Å². The van der Waals surface area contributed by atoms with Gasteiger partial charge in [0.05, 0.1) is 0 Å². The Labute approximate surface area is 197 Å². The Morgan fingerprint density at radius 2 is 1.59 bits per heavy atom. The van der Waals surface area contributed by atoms with Gasteiger partial charge in [0.25, 0.3) is 11.8 Å². The first-order valence-electron chi connectivity index (χ1n) is 11.2. The van der Waals surface area contributed by atoms with Crippen LogP contribution in [0.4, 0.5) is 4.79 Å². The minimum atomic E-state index is -2.15. The molecular formula is C25H27N3O6. The van der Waals surface area contributed by atoms with Crippen LogP contribution in [-0.2, 0) is 24.7 Å². The van der Waals surface area contributed by atoms with Gasteiger partial charge in [-0.3, -0.25) is 15.0 Å². The molecule has 1 heterocycles. The van der Waals surface area contributed by atoms with Gasteiger partial charge < -0.3 is 15.2 Å². The van der Waals surface area contributed by atoms with Crippen LogP contribution in [0.2, 0.25) is 0 Å². The number of esters is 1. The number of nitrogens with zero attached hydrogens (tertiary/aromatic N) is 1. The summed E-state index contributed by atoms with van der Waals surface area (Å²) in [7, 11) is 0. The van der Waals surface area contributed by atoms with Gasteiger partial charge in [-0.2, -0.15) is 5.01 Å². The van der Waals surface area contributed by atoms with Crippen molar-refractivity contribution in [3.8, 4) is 0 Å². The van der Waals surface area contributed by atoms with E-state index < -0.39 is 41.6 Å². The topological polar surface area (TPSA) is 125 Å². The van der Waals surface area contributed by atoms with Gasteiger partial charge in [-0.25, -0.2) is 9.59 Å². The summed E-state index contributed by atoms with van der Waals surface area (Å²) in [5, 5.41) is 14.7. The van der Waals surface area contributed by atoms with E-state index in [9.17, 15) is 24.3 Å². The van der Waals surface area contributed by atoms with Crippen LogP contribution in [0, 0.1) is 5.92 Å². The van der Waals surface area contributed by atoms with E-state index in [4.69, 9.17) is 4.74 Å². The van der Waals surface area contributed by atoms with Crippen LogP contribution in [0.5, 0.6) is 0 Å². The zero-order valence-corrected chi connectivity index (χ0v) is 18.8. The van der Waals surface area contributed by atoms with E-state index in [1.807, 2.05) is 0 Å². The lowest BCUT2D eigenvalue weighted by atomic mass is 9.77. The van der Waals surface area contributed by atoms with Crippen molar-refractivity contribution in [2.45, 2.75) is 43.7 Å². The zero-order chi connectivity index (χ0) is 24.3. The average molecular weight is 466 g/mol. The fraction of sp³-hybridized carbons (Fsp3) is 0.360. The second kappa shape index (κ2) is 9.26. The number of hydrogen-bond acceptors (Lipinski definition) is 6. The summed E-state index contributed by atoms with van der Waals surface area (Å²) in [5.41, 5.74) is -0.386. The fourth-order valence-corrected chi connectivity index (χ4v) is 4.47. The average Bonchev–Trinajstić information content (AvgIpc) is 3.09. The number of hydrazine groups is 1. The van der Waals surface area contributed by atoms with Gasteiger partial charge in [-0.1, -0.05) is 67.6 Å². The first-order chi connectivity index (χ1) is 16.3. The number of benzene rings is 2. The highest BCUT2D eigenvalue weighted by Crippen LogP contribution is 2.36. The summed E-state index contributed by atoms with van der Waals surface area (Å²) in [6, 6.07) is 15.7. The molecule has 2 fully saturated rings. The van der Waals surface area contributed by atoms with Crippen molar-refractivity contribution in [1.29, 1.82) is 0 Å². The van der Waals surface area contributed by atoms with Gasteiger partial charge in [-0.05, 0) is 42.7 Å². The van der Waals surface area contributed by atoms with Crippen molar-refractivity contribution in [3.05, 3.63) is 71.8 Å². The highest BCUT2D eigenvalue weighted by Gasteiger charge is 2.53. The Morgan fingerprint density at radius 1 is 1.06 bits per heavy atom. The third kappa shape index (κ3) is 4.26. The predicted molar refractivity (Wildman–Crippen MR) is 121 cm³/mol. The van der Waals surface area contributed by atoms with Crippen LogP contribution in [-0.4, -0.2) is 46.1 Å². The number of rotatable bonds is 6. The number of imide groups is 1. The summed E-state index contributed by atoms with van der Waals surface area (Å²) in [6.07, 6.45) is 2.59. The lowest BCUT2D eigenvalue weighted by Gasteiger charge is -2.33. The number of hydrogen-bond donors (Lipinski definition) is 3. The molecule has 1 aliphatic heterocycles. The third-order valence-electron chi connectivity index (χ3n) is 6.54. The van der Waals surface area contributed by atoms with Crippen molar-refractivity contribution < 1.29 is 29.0 Å². The zero-order valence-electron chi connectivity index (χ0n) is 18.8. The van der Waals surface area contributed by atoms with E-state index in [0.29, 0.717) is 23.8 Å². The maximum atomic E-state index is 13.0. The number of aliphatic hydroxyl groups is 1. The number of ether oxygens (including phenoxy) is 1. The number of carbonyl (C=O) groups is 4. The van der Waals surface area contributed by atoms with Gasteiger partial charge in [0.15, 0.2) is 6.61 Å². The minimum absolute atomic E-state index is 0.272. The minimum Gasteiger partial charge on any atom is -0.453 e. The van der Waals surface area contributed by atoms with Gasteiger partial charge >= 0.3 is 12.0 Å². The maximum absolute atomic E-state index is 13.0. The van der Waals surface area contributed by atoms with Crippen LogP contribution in [0.15, 0.2) is 60.7 Å². The molecule has 34 heavy (non-hydrogen) atoms. The molecule has 2 aromatic carbocycles. The van der Waals surface area contributed by atoms with E-state index in [1.165, 1.54) is 0 Å². The smallest absolute Gasteiger partial charge is 0.348 e. The number of amides is 4. The van der Waals surface area contributed by atoms with E-state index in [1.54, 1.807) is 60.7 Å². The third-order valence-corrected chi connectivity index (χ3v) is 6.54. The lowest BCUT2D eigenvalue weighted by molar-refractivity contribution is -0.165. The van der Waals surface area contributed by atoms with Gasteiger partial charge in [0.2, 0.25) is 5.60 Å². The summed E-state index contributed by atoms with van der Waals surface area (Å²) in [4.78, 5) is 50.7. The van der Waals surface area contributed by atoms with E-state index in [2.05, 4.69) is 17.7 Å². The Balaban J connectivity index is 1.43. The second-order valence-corrected chi connectivity index (χ2v) is 8.89. The van der Waals surface area contributed by atoms with Crippen LogP contribution in [0.25, 0.3) is 0 Å². The molecule has 1 spiro atoms. The molecule has 9 nitrogen and oxygen atoms in total. The number of carbonyl (C=O) groups excluding carboxylic acids is 4. The highest BCUT2D eigenvalue weighted by atomic mass is 16.6. The maximum Gasteiger partial charge on any atom is 0.348 e. The van der Waals surface area contributed by atoms with Crippen LogP contribution in [0.1, 0.15) is 43.7 Å². The van der Waals surface area contributed by atoms with E-state index >= 15 is 0 Å². The molecule has 3 N–H and O–H groups in total. The Hall–Kier alpha value is -3.72. The summed E-state index contributed by atoms with van der Waals surface area (Å²) >= 11 is 0. The van der Waals surface area contributed by atoms with E-state index in [0.717, 1.165) is 12.8 Å². The largest absolute Gasteiger partial charge is 0.453 e. The Kier molecular flexibility index (Phi) is 6.39. The van der Waals surface area contributed by atoms with Crippen molar-refractivity contribution >= 4 is 23.8 Å². The Bertz CT molecular complexity index is 1040. The van der Waals surface area contributed by atoms with Crippen molar-refractivity contribution in [3.63, 3.8) is 0 Å². The molecule has 0 aromatic heterocycles. The molecule has 0 atom stereocenters. The molecule has 0 radical (unpaired) electrons. The molecule has 9 heteroatoms.